The van der Waals surface area contributed by atoms with E-state index in [1.54, 1.807) is 12.3 Å². The molecular weight excluding hydrogens is 196 g/mol. The lowest BCUT2D eigenvalue weighted by Crippen LogP contribution is -2.37. The Kier molecular flexibility index (Phi) is 2.70. The Morgan fingerprint density at radius 3 is 3.20 bits per heavy atom. The number of nitrogen functional groups attached to an aromatic ring is 1. The molecular formula is C9H14N4O2. The first-order valence-electron chi connectivity index (χ1n) is 4.80. The minimum atomic E-state index is -0.812. The minimum Gasteiger partial charge on any atom is -0.386 e. The van der Waals surface area contributed by atoms with Crippen LogP contribution in [-0.4, -0.2) is 40.4 Å². The molecule has 2 rings (SSSR count). The van der Waals surface area contributed by atoms with Crippen LogP contribution in [0.4, 0.5) is 11.8 Å². The molecule has 0 spiro atoms. The molecule has 1 aromatic heterocycles. The lowest BCUT2D eigenvalue weighted by molar-refractivity contribution is 0.0380. The zero-order valence-corrected chi connectivity index (χ0v) is 8.31. The number of aliphatic hydroxyl groups is 1. The van der Waals surface area contributed by atoms with Gasteiger partial charge in [0.15, 0.2) is 0 Å². The summed E-state index contributed by atoms with van der Waals surface area (Å²) in [5, 5.41) is 12.9. The van der Waals surface area contributed by atoms with Crippen molar-refractivity contribution in [2.45, 2.75) is 12.0 Å². The predicted octanol–water partition coefficient (Wildman–Crippen LogP) is -0.378. The molecule has 4 N–H and O–H groups in total. The van der Waals surface area contributed by atoms with Crippen molar-refractivity contribution in [1.82, 2.24) is 9.97 Å². The van der Waals surface area contributed by atoms with Crippen LogP contribution in [0.5, 0.6) is 0 Å². The highest BCUT2D eigenvalue weighted by Gasteiger charge is 2.32. The van der Waals surface area contributed by atoms with Crippen molar-refractivity contribution < 1.29 is 9.84 Å². The molecule has 0 bridgehead atoms. The summed E-state index contributed by atoms with van der Waals surface area (Å²) in [4.78, 5) is 7.95. The molecule has 0 aromatic carbocycles. The monoisotopic (exact) mass is 210 g/mol. The van der Waals surface area contributed by atoms with E-state index < -0.39 is 5.60 Å². The van der Waals surface area contributed by atoms with Gasteiger partial charge in [-0.15, -0.1) is 0 Å². The van der Waals surface area contributed by atoms with E-state index in [4.69, 9.17) is 10.5 Å². The number of hydrogen-bond acceptors (Lipinski definition) is 6. The minimum absolute atomic E-state index is 0.350. The fourth-order valence-corrected chi connectivity index (χ4v) is 1.44. The van der Waals surface area contributed by atoms with Crippen LogP contribution in [0.1, 0.15) is 6.42 Å². The first kappa shape index (κ1) is 10.1. The third kappa shape index (κ3) is 2.54. The molecule has 82 valence electrons. The Balaban J connectivity index is 1.92. The van der Waals surface area contributed by atoms with Gasteiger partial charge in [0.1, 0.15) is 11.4 Å². The van der Waals surface area contributed by atoms with Crippen molar-refractivity contribution in [3.8, 4) is 0 Å². The molecule has 0 aliphatic carbocycles. The number of anilines is 2. The van der Waals surface area contributed by atoms with E-state index in [-0.39, 0.29) is 0 Å². The van der Waals surface area contributed by atoms with Crippen LogP contribution in [0.2, 0.25) is 0 Å². The molecule has 1 unspecified atom stereocenters. The van der Waals surface area contributed by atoms with E-state index in [2.05, 4.69) is 15.3 Å². The first-order valence-corrected chi connectivity index (χ1v) is 4.80. The smallest absolute Gasteiger partial charge is 0.224 e. The van der Waals surface area contributed by atoms with Crippen molar-refractivity contribution in [3.63, 3.8) is 0 Å². The van der Waals surface area contributed by atoms with E-state index >= 15 is 0 Å². The molecule has 1 aromatic rings. The van der Waals surface area contributed by atoms with Gasteiger partial charge in [0.25, 0.3) is 0 Å². The predicted molar refractivity (Wildman–Crippen MR) is 55.3 cm³/mol. The van der Waals surface area contributed by atoms with Crippen LogP contribution in [0.15, 0.2) is 12.3 Å². The second-order valence-electron chi connectivity index (χ2n) is 3.69. The van der Waals surface area contributed by atoms with Crippen molar-refractivity contribution >= 4 is 11.8 Å². The lowest BCUT2D eigenvalue weighted by atomic mass is 10.0. The van der Waals surface area contributed by atoms with E-state index in [1.807, 2.05) is 0 Å². The number of rotatable bonds is 3. The number of nitrogens with two attached hydrogens (primary N) is 1. The molecule has 1 saturated heterocycles. The van der Waals surface area contributed by atoms with Gasteiger partial charge in [-0.3, -0.25) is 0 Å². The van der Waals surface area contributed by atoms with Crippen molar-refractivity contribution in [3.05, 3.63) is 12.3 Å². The maximum Gasteiger partial charge on any atom is 0.224 e. The maximum absolute atomic E-state index is 9.95. The zero-order valence-electron chi connectivity index (χ0n) is 8.31. The van der Waals surface area contributed by atoms with Crippen LogP contribution < -0.4 is 11.1 Å². The fraction of sp³-hybridized carbons (Fsp3) is 0.556. The van der Waals surface area contributed by atoms with E-state index in [9.17, 15) is 5.11 Å². The van der Waals surface area contributed by atoms with Crippen LogP contribution in [0, 0.1) is 0 Å². The summed E-state index contributed by atoms with van der Waals surface area (Å²) in [7, 11) is 0. The van der Waals surface area contributed by atoms with Gasteiger partial charge >= 0.3 is 0 Å². The number of hydrogen-bond donors (Lipinski definition) is 3. The maximum atomic E-state index is 9.95. The molecule has 1 aliphatic heterocycles. The number of nitrogens with zero attached hydrogens (tertiary/aromatic N) is 2. The van der Waals surface area contributed by atoms with Crippen LogP contribution >= 0.6 is 0 Å². The molecule has 0 saturated carbocycles. The van der Waals surface area contributed by atoms with Crippen molar-refractivity contribution in [2.24, 2.45) is 0 Å². The number of ether oxygens (including phenoxy) is 1. The van der Waals surface area contributed by atoms with Gasteiger partial charge in [-0.25, -0.2) is 4.98 Å². The van der Waals surface area contributed by atoms with Gasteiger partial charge in [0.2, 0.25) is 5.95 Å². The Morgan fingerprint density at radius 2 is 2.53 bits per heavy atom. The van der Waals surface area contributed by atoms with Gasteiger partial charge in [-0.2, -0.15) is 4.98 Å². The number of aromatic nitrogens is 2. The average molecular weight is 210 g/mol. The molecule has 0 amide bonds. The molecule has 0 radical (unpaired) electrons. The van der Waals surface area contributed by atoms with Gasteiger partial charge in [-0.05, 0) is 6.07 Å². The van der Waals surface area contributed by atoms with Gasteiger partial charge in [-0.1, -0.05) is 0 Å². The van der Waals surface area contributed by atoms with E-state index in [0.717, 1.165) is 0 Å². The normalized spacial score (nSPS) is 25.4. The first-order chi connectivity index (χ1) is 7.18. The topological polar surface area (TPSA) is 93.3 Å². The van der Waals surface area contributed by atoms with Crippen molar-refractivity contribution in [1.29, 1.82) is 0 Å². The van der Waals surface area contributed by atoms with Gasteiger partial charge < -0.3 is 20.9 Å². The molecule has 2 heterocycles. The summed E-state index contributed by atoms with van der Waals surface area (Å²) in [6.45, 7) is 1.31. The Bertz CT molecular complexity index is 339. The summed E-state index contributed by atoms with van der Waals surface area (Å²) < 4.78 is 5.12. The third-order valence-electron chi connectivity index (χ3n) is 2.34. The molecule has 1 aliphatic rings. The molecule has 6 nitrogen and oxygen atoms in total. The van der Waals surface area contributed by atoms with Crippen molar-refractivity contribution in [2.75, 3.05) is 30.8 Å². The lowest BCUT2D eigenvalue weighted by Gasteiger charge is -2.20. The van der Waals surface area contributed by atoms with Crippen LogP contribution in [0.25, 0.3) is 0 Å². The second kappa shape index (κ2) is 4.00. The molecule has 1 atom stereocenters. The van der Waals surface area contributed by atoms with Gasteiger partial charge in [0.05, 0.1) is 6.61 Å². The summed E-state index contributed by atoms with van der Waals surface area (Å²) in [6, 6.07) is 1.61. The molecule has 6 heteroatoms. The average Bonchev–Trinajstić information content (AvgIpc) is 2.63. The Morgan fingerprint density at radius 1 is 1.67 bits per heavy atom. The fourth-order valence-electron chi connectivity index (χ4n) is 1.44. The zero-order chi connectivity index (χ0) is 10.7. The van der Waals surface area contributed by atoms with E-state index in [0.29, 0.717) is 37.9 Å². The Labute approximate surface area is 87.5 Å². The Hall–Kier alpha value is -1.40. The van der Waals surface area contributed by atoms with E-state index in [1.165, 1.54) is 0 Å². The molecule has 15 heavy (non-hydrogen) atoms. The SMILES string of the molecule is Nc1ccnc(NCC2(O)CCOC2)n1. The van der Waals surface area contributed by atoms with Crippen LogP contribution in [0.3, 0.4) is 0 Å². The summed E-state index contributed by atoms with van der Waals surface area (Å²) in [6.07, 6.45) is 2.20. The highest BCUT2D eigenvalue weighted by atomic mass is 16.5. The summed E-state index contributed by atoms with van der Waals surface area (Å²) in [5.74, 6) is 0.831. The summed E-state index contributed by atoms with van der Waals surface area (Å²) in [5.41, 5.74) is 4.69. The second-order valence-corrected chi connectivity index (χ2v) is 3.69. The highest BCUT2D eigenvalue weighted by Crippen LogP contribution is 2.18. The largest absolute Gasteiger partial charge is 0.386 e. The number of nitrogens with one attached hydrogen (secondary N) is 1. The molecule has 1 fully saturated rings. The quantitative estimate of drug-likeness (QED) is 0.630. The van der Waals surface area contributed by atoms with Gasteiger partial charge in [0, 0.05) is 25.8 Å². The standard InChI is InChI=1S/C9H14N4O2/c10-7-1-3-11-8(13-7)12-5-9(14)2-4-15-6-9/h1,3,14H,2,4-6H2,(H3,10,11,12,13). The summed E-state index contributed by atoms with van der Waals surface area (Å²) >= 11 is 0. The highest BCUT2D eigenvalue weighted by molar-refractivity contribution is 5.35. The third-order valence-corrected chi connectivity index (χ3v) is 2.34. The van der Waals surface area contributed by atoms with Crippen LogP contribution in [-0.2, 0) is 4.74 Å².